The van der Waals surface area contributed by atoms with Crippen LogP contribution in [0.3, 0.4) is 0 Å². The van der Waals surface area contributed by atoms with Crippen molar-refractivity contribution in [3.63, 3.8) is 0 Å². The van der Waals surface area contributed by atoms with Gasteiger partial charge in [-0.1, -0.05) is 17.7 Å². The van der Waals surface area contributed by atoms with Gasteiger partial charge in [-0.05, 0) is 63.1 Å². The smallest absolute Gasteiger partial charge is 0.268 e. The molecule has 10 heteroatoms. The van der Waals surface area contributed by atoms with Gasteiger partial charge in [-0.3, -0.25) is 9.10 Å². The minimum absolute atomic E-state index is 0.0462. The molecule has 1 N–H and O–H groups in total. The average Bonchev–Trinajstić information content (AvgIpc) is 2.76. The number of sulfonamides is 1. The zero-order valence-electron chi connectivity index (χ0n) is 19.6. The largest absolute Gasteiger partial charge is 0.495 e. The van der Waals surface area contributed by atoms with Gasteiger partial charge in [-0.2, -0.15) is 0 Å². The van der Waals surface area contributed by atoms with E-state index in [-0.39, 0.29) is 27.5 Å². The lowest BCUT2D eigenvalue weighted by Crippen LogP contribution is -2.41. The lowest BCUT2D eigenvalue weighted by molar-refractivity contribution is -0.119. The molecule has 0 aliphatic carbocycles. The molecule has 0 aliphatic heterocycles. The topological polar surface area (TPSA) is 94.2 Å². The van der Waals surface area contributed by atoms with Gasteiger partial charge in [-0.25, -0.2) is 8.42 Å². The fourth-order valence-electron chi connectivity index (χ4n) is 3.04. The van der Waals surface area contributed by atoms with Crippen molar-refractivity contribution in [3.8, 4) is 11.5 Å². The van der Waals surface area contributed by atoms with Crippen molar-refractivity contribution in [1.29, 1.82) is 0 Å². The Hall–Kier alpha value is -2.49. The Morgan fingerprint density at radius 2 is 1.76 bits per heavy atom. The Labute approximate surface area is 200 Å². The third-order valence-corrected chi connectivity index (χ3v) is 6.78. The van der Waals surface area contributed by atoms with Crippen molar-refractivity contribution in [3.05, 3.63) is 47.0 Å². The highest BCUT2D eigenvalue weighted by Crippen LogP contribution is 2.34. The second-order valence-electron chi connectivity index (χ2n) is 7.61. The number of nitrogens with zero attached hydrogens (tertiary/aromatic N) is 1. The molecule has 182 valence electrons. The molecule has 0 aromatic heterocycles. The van der Waals surface area contributed by atoms with Crippen LogP contribution in [0.1, 0.15) is 25.8 Å². The fraction of sp³-hybridized carbons (Fsp3) is 0.435. The molecule has 2 rings (SSSR count). The third kappa shape index (κ3) is 7.25. The maximum Gasteiger partial charge on any atom is 0.268 e. The summed E-state index contributed by atoms with van der Waals surface area (Å²) in [7, 11) is -1.32. The highest BCUT2D eigenvalue weighted by atomic mass is 35.5. The predicted octanol–water partition coefficient (Wildman–Crippen LogP) is 3.79. The molecule has 0 fully saturated rings. The van der Waals surface area contributed by atoms with Crippen molar-refractivity contribution in [2.45, 2.75) is 38.2 Å². The Morgan fingerprint density at radius 1 is 1.09 bits per heavy atom. The van der Waals surface area contributed by atoms with E-state index in [0.29, 0.717) is 25.3 Å². The zero-order valence-corrected chi connectivity index (χ0v) is 21.1. The summed E-state index contributed by atoms with van der Waals surface area (Å²) >= 11 is 6.25. The number of halogens is 1. The molecular weight excluding hydrogens is 468 g/mol. The Morgan fingerprint density at radius 3 is 2.36 bits per heavy atom. The molecule has 0 spiro atoms. The number of anilines is 1. The van der Waals surface area contributed by atoms with Gasteiger partial charge in [0.05, 0.1) is 31.0 Å². The summed E-state index contributed by atoms with van der Waals surface area (Å²) in [5.74, 6) is 0.110. The van der Waals surface area contributed by atoms with Crippen LogP contribution < -0.4 is 19.1 Å². The Balaban J connectivity index is 2.36. The van der Waals surface area contributed by atoms with Crippen LogP contribution in [0.15, 0.2) is 41.3 Å². The first-order valence-corrected chi connectivity index (χ1v) is 12.3. The van der Waals surface area contributed by atoms with Gasteiger partial charge in [0.25, 0.3) is 10.0 Å². The van der Waals surface area contributed by atoms with E-state index in [0.717, 1.165) is 9.87 Å². The molecular formula is C23H31ClN2O6S. The average molecular weight is 499 g/mol. The number of amides is 1. The Kier molecular flexibility index (Phi) is 9.82. The van der Waals surface area contributed by atoms with Crippen LogP contribution in [0.25, 0.3) is 0 Å². The molecule has 33 heavy (non-hydrogen) atoms. The van der Waals surface area contributed by atoms with Crippen LogP contribution in [0.5, 0.6) is 11.5 Å². The van der Waals surface area contributed by atoms with Crippen LogP contribution in [-0.2, 0) is 19.6 Å². The minimum Gasteiger partial charge on any atom is -0.495 e. The van der Waals surface area contributed by atoms with Crippen molar-refractivity contribution in [2.75, 3.05) is 38.2 Å². The molecule has 2 aromatic rings. The van der Waals surface area contributed by atoms with Gasteiger partial charge in [0.2, 0.25) is 5.91 Å². The predicted molar refractivity (Wildman–Crippen MR) is 129 cm³/mol. The second kappa shape index (κ2) is 12.1. The van der Waals surface area contributed by atoms with Crippen LogP contribution >= 0.6 is 11.6 Å². The molecule has 8 nitrogen and oxygen atoms in total. The quantitative estimate of drug-likeness (QED) is 0.447. The zero-order chi connectivity index (χ0) is 24.6. The standard InChI is InChI=1S/C23H31ClN2O6S/c1-16(2)32-12-6-11-25-23(27)15-26(18-8-10-20(30-4)19(24)14-18)33(28,29)22-13-17(3)7-9-21(22)31-5/h7-10,13-14,16H,6,11-12,15H2,1-5H3,(H,25,27). The van der Waals surface area contributed by atoms with Crippen molar-refractivity contribution < 1.29 is 27.4 Å². The SMILES string of the molecule is COc1ccc(N(CC(=O)NCCCOC(C)C)S(=O)(=O)c2cc(C)ccc2OC)cc1Cl. The molecule has 0 unspecified atom stereocenters. The summed E-state index contributed by atoms with van der Waals surface area (Å²) in [6.07, 6.45) is 0.710. The van der Waals surface area contributed by atoms with E-state index >= 15 is 0 Å². The number of carbonyl (C=O) groups excluding carboxylic acids is 1. The molecule has 1 amide bonds. The molecule has 0 aliphatic rings. The van der Waals surface area contributed by atoms with Gasteiger partial charge in [-0.15, -0.1) is 0 Å². The number of aryl methyl sites for hydroxylation is 1. The van der Waals surface area contributed by atoms with Crippen LogP contribution in [0.4, 0.5) is 5.69 Å². The van der Waals surface area contributed by atoms with Crippen LogP contribution in [0.2, 0.25) is 5.02 Å². The summed E-state index contributed by atoms with van der Waals surface area (Å²) in [5.41, 5.74) is 0.958. The number of hydrogen-bond acceptors (Lipinski definition) is 6. The van der Waals surface area contributed by atoms with Gasteiger partial charge in [0.1, 0.15) is 22.9 Å². The van der Waals surface area contributed by atoms with E-state index in [4.69, 9.17) is 25.8 Å². The monoisotopic (exact) mass is 498 g/mol. The van der Waals surface area contributed by atoms with Gasteiger partial charge in [0.15, 0.2) is 0 Å². The maximum atomic E-state index is 13.7. The number of rotatable bonds is 12. The van der Waals surface area contributed by atoms with Gasteiger partial charge < -0.3 is 19.5 Å². The number of benzene rings is 2. The summed E-state index contributed by atoms with van der Waals surface area (Å²) in [4.78, 5) is 12.6. The lowest BCUT2D eigenvalue weighted by Gasteiger charge is -2.25. The first kappa shape index (κ1) is 26.8. The van der Waals surface area contributed by atoms with E-state index in [1.54, 1.807) is 25.1 Å². The highest BCUT2D eigenvalue weighted by Gasteiger charge is 2.30. The summed E-state index contributed by atoms with van der Waals surface area (Å²) in [6, 6.07) is 9.37. The molecule has 0 bridgehead atoms. The van der Waals surface area contributed by atoms with Crippen LogP contribution in [-0.4, -0.2) is 54.3 Å². The third-order valence-electron chi connectivity index (χ3n) is 4.69. The lowest BCUT2D eigenvalue weighted by atomic mass is 10.2. The molecule has 0 radical (unpaired) electrons. The number of nitrogens with one attached hydrogen (secondary N) is 1. The van der Waals surface area contributed by atoms with Crippen molar-refractivity contribution >= 4 is 33.2 Å². The molecule has 0 heterocycles. The molecule has 0 atom stereocenters. The van der Waals surface area contributed by atoms with E-state index in [1.807, 2.05) is 13.8 Å². The van der Waals surface area contributed by atoms with E-state index in [2.05, 4.69) is 5.32 Å². The van der Waals surface area contributed by atoms with E-state index in [1.165, 1.54) is 32.4 Å². The number of hydrogen-bond donors (Lipinski definition) is 1. The second-order valence-corrected chi connectivity index (χ2v) is 9.85. The Bertz CT molecular complexity index is 1060. The molecule has 2 aromatic carbocycles. The maximum absolute atomic E-state index is 13.7. The van der Waals surface area contributed by atoms with Gasteiger partial charge >= 0.3 is 0 Å². The number of methoxy groups -OCH3 is 2. The number of carbonyl (C=O) groups is 1. The molecule has 0 saturated heterocycles. The van der Waals surface area contributed by atoms with E-state index in [9.17, 15) is 13.2 Å². The van der Waals surface area contributed by atoms with Gasteiger partial charge in [0, 0.05) is 13.2 Å². The fourth-order valence-corrected chi connectivity index (χ4v) is 4.94. The summed E-state index contributed by atoms with van der Waals surface area (Å²) in [5, 5.41) is 2.96. The first-order chi connectivity index (χ1) is 15.6. The number of ether oxygens (including phenoxy) is 3. The summed E-state index contributed by atoms with van der Waals surface area (Å²) in [6.45, 7) is 6.05. The van der Waals surface area contributed by atoms with E-state index < -0.39 is 22.5 Å². The van der Waals surface area contributed by atoms with Crippen molar-refractivity contribution in [1.82, 2.24) is 5.32 Å². The first-order valence-electron chi connectivity index (χ1n) is 10.5. The normalized spacial score (nSPS) is 11.4. The minimum atomic E-state index is -4.17. The van der Waals surface area contributed by atoms with Crippen LogP contribution in [0, 0.1) is 6.92 Å². The highest BCUT2D eigenvalue weighted by molar-refractivity contribution is 7.93. The summed E-state index contributed by atoms with van der Waals surface area (Å²) < 4.78 is 44.3. The van der Waals surface area contributed by atoms with Crippen molar-refractivity contribution in [2.24, 2.45) is 0 Å². The molecule has 0 saturated carbocycles.